The molecule has 0 aromatic heterocycles. The Labute approximate surface area is 158 Å². The molecular formula is C18H15BNaO3. The quantitative estimate of drug-likeness (QED) is 0.647. The first-order valence-electron chi connectivity index (χ1n) is 7.05. The molecule has 0 amide bonds. The van der Waals surface area contributed by atoms with Crippen LogP contribution in [0.2, 0.25) is 0 Å². The summed E-state index contributed by atoms with van der Waals surface area (Å²) in [5.74, 6) is 2.04. The van der Waals surface area contributed by atoms with Gasteiger partial charge in [0.25, 0.3) is 0 Å². The van der Waals surface area contributed by atoms with Gasteiger partial charge in [-0.25, -0.2) is 0 Å². The maximum Gasteiger partial charge on any atom is 0.864 e. The Morgan fingerprint density at radius 1 is 0.435 bits per heavy atom. The van der Waals surface area contributed by atoms with Gasteiger partial charge >= 0.3 is 7.32 Å². The van der Waals surface area contributed by atoms with E-state index in [4.69, 9.17) is 14.0 Å². The predicted molar refractivity (Wildman–Crippen MR) is 92.7 cm³/mol. The van der Waals surface area contributed by atoms with Gasteiger partial charge in [-0.05, 0) is 36.4 Å². The van der Waals surface area contributed by atoms with Crippen LogP contribution < -0.4 is 14.0 Å². The Kier molecular flexibility index (Phi) is 7.07. The minimum absolute atomic E-state index is 0. The van der Waals surface area contributed by atoms with Crippen molar-refractivity contribution in [2.75, 3.05) is 0 Å². The Hall–Kier alpha value is -1.88. The molecule has 0 spiro atoms. The van der Waals surface area contributed by atoms with Gasteiger partial charge in [0.1, 0.15) is 17.2 Å². The van der Waals surface area contributed by atoms with Gasteiger partial charge in [0.2, 0.25) is 0 Å². The van der Waals surface area contributed by atoms with Crippen LogP contribution >= 0.6 is 0 Å². The molecule has 0 saturated carbocycles. The second-order valence-corrected chi connectivity index (χ2v) is 4.58. The average molecular weight is 313 g/mol. The van der Waals surface area contributed by atoms with Crippen molar-refractivity contribution in [3.63, 3.8) is 0 Å². The van der Waals surface area contributed by atoms with E-state index in [2.05, 4.69) is 0 Å². The molecule has 3 nitrogen and oxygen atoms in total. The van der Waals surface area contributed by atoms with E-state index in [1.807, 2.05) is 91.0 Å². The van der Waals surface area contributed by atoms with Gasteiger partial charge in [-0.2, -0.15) is 0 Å². The van der Waals surface area contributed by atoms with Crippen molar-refractivity contribution in [2.45, 2.75) is 0 Å². The van der Waals surface area contributed by atoms with Crippen molar-refractivity contribution < 1.29 is 14.0 Å². The monoisotopic (exact) mass is 313 g/mol. The van der Waals surface area contributed by atoms with Crippen LogP contribution in [0.1, 0.15) is 0 Å². The van der Waals surface area contributed by atoms with E-state index in [0.717, 1.165) is 0 Å². The first kappa shape index (κ1) is 17.5. The van der Waals surface area contributed by atoms with Crippen LogP contribution in [0.5, 0.6) is 17.2 Å². The average Bonchev–Trinajstić information content (AvgIpc) is 2.57. The minimum atomic E-state index is -0.868. The third kappa shape index (κ3) is 5.68. The van der Waals surface area contributed by atoms with Gasteiger partial charge in [-0.15, -0.1) is 0 Å². The molecule has 0 bridgehead atoms. The fraction of sp³-hybridized carbons (Fsp3) is 0. The predicted octanol–water partition coefficient (Wildman–Crippen LogP) is 3.83. The van der Waals surface area contributed by atoms with Crippen LogP contribution in [0.4, 0.5) is 0 Å². The molecule has 1 radical (unpaired) electrons. The zero-order valence-corrected chi connectivity index (χ0v) is 15.0. The van der Waals surface area contributed by atoms with Crippen molar-refractivity contribution in [1.29, 1.82) is 0 Å². The number of rotatable bonds is 6. The zero-order valence-electron chi connectivity index (χ0n) is 13.0. The number of para-hydroxylation sites is 3. The molecule has 0 aliphatic carbocycles. The van der Waals surface area contributed by atoms with Gasteiger partial charge in [0, 0.05) is 29.6 Å². The van der Waals surface area contributed by atoms with E-state index in [1.165, 1.54) is 0 Å². The molecular weight excluding hydrogens is 298 g/mol. The van der Waals surface area contributed by atoms with Gasteiger partial charge < -0.3 is 14.0 Å². The standard InChI is InChI=1S/C18H15BO3.Na/c1-4-10-16(11-5-1)20-19(21-17-12-6-2-7-13-17)22-18-14-8-3-9-15-18;/h1-15H;. The van der Waals surface area contributed by atoms with E-state index in [9.17, 15) is 0 Å². The summed E-state index contributed by atoms with van der Waals surface area (Å²) >= 11 is 0. The molecule has 0 saturated heterocycles. The summed E-state index contributed by atoms with van der Waals surface area (Å²) in [5.41, 5.74) is 0. The van der Waals surface area contributed by atoms with Crippen LogP contribution in [0, 0.1) is 0 Å². The van der Waals surface area contributed by atoms with Gasteiger partial charge in [0.15, 0.2) is 0 Å². The molecule has 0 N–H and O–H groups in total. The van der Waals surface area contributed by atoms with E-state index < -0.39 is 7.32 Å². The summed E-state index contributed by atoms with van der Waals surface area (Å²) in [4.78, 5) is 0. The Morgan fingerprint density at radius 3 is 0.957 bits per heavy atom. The van der Waals surface area contributed by atoms with E-state index in [0.29, 0.717) is 17.2 Å². The molecule has 0 fully saturated rings. The van der Waals surface area contributed by atoms with Crippen LogP contribution in [-0.2, 0) is 0 Å². The Balaban J connectivity index is 0.00000192. The van der Waals surface area contributed by atoms with Crippen molar-refractivity contribution in [1.82, 2.24) is 0 Å². The molecule has 3 aromatic rings. The maximum atomic E-state index is 5.78. The second-order valence-electron chi connectivity index (χ2n) is 4.58. The van der Waals surface area contributed by atoms with Crippen LogP contribution in [0.25, 0.3) is 0 Å². The molecule has 23 heavy (non-hydrogen) atoms. The fourth-order valence-electron chi connectivity index (χ4n) is 1.90. The number of hydrogen-bond donors (Lipinski definition) is 0. The largest absolute Gasteiger partial charge is 0.864 e. The summed E-state index contributed by atoms with van der Waals surface area (Å²) in [5, 5.41) is 0. The first-order valence-corrected chi connectivity index (χ1v) is 7.05. The second kappa shape index (κ2) is 9.31. The van der Waals surface area contributed by atoms with Crippen LogP contribution in [0.3, 0.4) is 0 Å². The number of benzene rings is 3. The summed E-state index contributed by atoms with van der Waals surface area (Å²) in [6, 6.07) is 28.3. The van der Waals surface area contributed by atoms with Crippen molar-refractivity contribution in [3.05, 3.63) is 91.0 Å². The summed E-state index contributed by atoms with van der Waals surface area (Å²) in [6.45, 7) is 0. The summed E-state index contributed by atoms with van der Waals surface area (Å²) in [7, 11) is -0.868. The molecule has 0 aliphatic rings. The fourth-order valence-corrected chi connectivity index (χ4v) is 1.90. The molecule has 0 unspecified atom stereocenters. The third-order valence-electron chi connectivity index (χ3n) is 2.93. The molecule has 0 atom stereocenters. The van der Waals surface area contributed by atoms with Crippen molar-refractivity contribution in [3.8, 4) is 17.2 Å². The van der Waals surface area contributed by atoms with Gasteiger partial charge in [0.05, 0.1) is 0 Å². The molecule has 3 aromatic carbocycles. The van der Waals surface area contributed by atoms with E-state index >= 15 is 0 Å². The van der Waals surface area contributed by atoms with Gasteiger partial charge in [-0.3, -0.25) is 0 Å². The third-order valence-corrected chi connectivity index (χ3v) is 2.93. The summed E-state index contributed by atoms with van der Waals surface area (Å²) < 4.78 is 17.3. The molecule has 3 rings (SSSR count). The topological polar surface area (TPSA) is 27.7 Å². The van der Waals surface area contributed by atoms with Crippen LogP contribution in [0.15, 0.2) is 91.0 Å². The smallest absolute Gasteiger partial charge is 0.490 e. The Morgan fingerprint density at radius 2 is 0.696 bits per heavy atom. The minimum Gasteiger partial charge on any atom is -0.490 e. The van der Waals surface area contributed by atoms with Crippen molar-refractivity contribution >= 4 is 36.9 Å². The SMILES string of the molecule is [Na].c1ccc(OB(Oc2ccccc2)Oc2ccccc2)cc1. The zero-order chi connectivity index (χ0) is 15.0. The Bertz CT molecular complexity index is 582. The molecule has 109 valence electrons. The van der Waals surface area contributed by atoms with Crippen molar-refractivity contribution in [2.24, 2.45) is 0 Å². The van der Waals surface area contributed by atoms with E-state index in [-0.39, 0.29) is 29.6 Å². The maximum absolute atomic E-state index is 5.78. The van der Waals surface area contributed by atoms with Crippen LogP contribution in [-0.4, -0.2) is 36.9 Å². The van der Waals surface area contributed by atoms with E-state index in [1.54, 1.807) is 0 Å². The molecule has 0 aliphatic heterocycles. The number of hydrogen-bond acceptors (Lipinski definition) is 3. The summed E-state index contributed by atoms with van der Waals surface area (Å²) in [6.07, 6.45) is 0. The first-order chi connectivity index (χ1) is 10.9. The molecule has 5 heteroatoms. The normalized spacial score (nSPS) is 9.39. The van der Waals surface area contributed by atoms with Gasteiger partial charge in [-0.1, -0.05) is 54.6 Å². The molecule has 0 heterocycles.